The van der Waals surface area contributed by atoms with Gasteiger partial charge in [0.2, 0.25) is 11.8 Å². The molecule has 44 heavy (non-hydrogen) atoms. The Kier molecular flexibility index (Phi) is 8.83. The predicted molar refractivity (Wildman–Crippen MR) is 173 cm³/mol. The Bertz CT molecular complexity index is 1090. The van der Waals surface area contributed by atoms with Crippen LogP contribution in [-0.2, 0) is 18.9 Å². The van der Waals surface area contributed by atoms with Crippen LogP contribution in [0.1, 0.15) is 112 Å². The third-order valence-corrected chi connectivity index (χ3v) is 12.9. The van der Waals surface area contributed by atoms with Crippen molar-refractivity contribution in [2.45, 2.75) is 135 Å². The van der Waals surface area contributed by atoms with Gasteiger partial charge < -0.3 is 31.0 Å². The van der Waals surface area contributed by atoms with E-state index in [1.165, 1.54) is 44.9 Å². The maximum Gasteiger partial charge on any atom is 0.481 e. The number of rotatable bonds is 12. The van der Waals surface area contributed by atoms with Gasteiger partial charge in [0, 0.05) is 20.0 Å². The number of guanidine groups is 1. The first-order valence-electron chi connectivity index (χ1n) is 17.7. The van der Waals surface area contributed by atoms with Gasteiger partial charge in [-0.05, 0) is 124 Å². The standard InChI is InChI=1S/C34H58BN5O4/c1-20(2)10-28(35-43-27-15-24-14-26(32(24,3)4)33(27,5)44-35)40-30(42)25(8-7-9-38-31(36)37-6)39-29(41)19-34-16-21-11-22(17-34)13-23(12-21)18-34/h20-28H,7-19H2,1-6H3,(H,39,41)(H,40,42)(H3,36,37,38)/t21?,22?,23?,24-,25-,26-,27+,28-,33-,34?/m0/s1. The lowest BCUT2D eigenvalue weighted by Crippen LogP contribution is -2.65. The fraction of sp³-hybridized carbons (Fsp3) is 0.912. The van der Waals surface area contributed by atoms with E-state index in [4.69, 9.17) is 15.0 Å². The molecule has 1 heterocycles. The van der Waals surface area contributed by atoms with Crippen LogP contribution in [0.4, 0.5) is 0 Å². The highest BCUT2D eigenvalue weighted by Gasteiger charge is 2.68. The summed E-state index contributed by atoms with van der Waals surface area (Å²) in [5.41, 5.74) is 5.88. The molecular weight excluding hydrogens is 553 g/mol. The van der Waals surface area contributed by atoms with E-state index in [-0.39, 0.29) is 40.3 Å². The van der Waals surface area contributed by atoms with Gasteiger partial charge in [0.25, 0.3) is 0 Å². The summed E-state index contributed by atoms with van der Waals surface area (Å²) in [6.07, 6.45) is 12.3. The SMILES string of the molecule is CN=C(N)NCCC[C@H](NC(=O)CC12CC3CC(CC(C3)C1)C2)C(=O)N[C@@H](CC(C)C)B1O[C@@H]2C[C@@H]3C[C@@H](C3(C)C)[C@]2(C)O1. The van der Waals surface area contributed by atoms with E-state index < -0.39 is 13.2 Å². The van der Waals surface area contributed by atoms with Gasteiger partial charge in [0.15, 0.2) is 5.96 Å². The molecule has 0 radical (unpaired) electrons. The minimum Gasteiger partial charge on any atom is -0.404 e. The molecule has 0 spiro atoms. The first-order chi connectivity index (χ1) is 20.8. The second kappa shape index (κ2) is 12.1. The van der Waals surface area contributed by atoms with Gasteiger partial charge in [-0.2, -0.15) is 0 Å². The molecule has 0 unspecified atom stereocenters. The van der Waals surface area contributed by atoms with Gasteiger partial charge >= 0.3 is 7.12 Å². The molecule has 9 nitrogen and oxygen atoms in total. The predicted octanol–water partition coefficient (Wildman–Crippen LogP) is 4.19. The van der Waals surface area contributed by atoms with Gasteiger partial charge in [-0.25, -0.2) is 0 Å². The molecule has 1 saturated heterocycles. The molecule has 5 N–H and O–H groups in total. The smallest absolute Gasteiger partial charge is 0.404 e. The molecular formula is C34H58BN5O4. The average Bonchev–Trinajstić information content (AvgIpc) is 3.30. The van der Waals surface area contributed by atoms with Crippen molar-refractivity contribution in [2.24, 2.45) is 57.1 Å². The van der Waals surface area contributed by atoms with E-state index in [1.807, 2.05) is 0 Å². The summed E-state index contributed by atoms with van der Waals surface area (Å²) < 4.78 is 13.4. The van der Waals surface area contributed by atoms with E-state index in [2.05, 4.69) is 55.6 Å². The van der Waals surface area contributed by atoms with Gasteiger partial charge in [-0.1, -0.05) is 27.7 Å². The Morgan fingerprint density at radius 3 is 2.25 bits per heavy atom. The van der Waals surface area contributed by atoms with E-state index in [1.54, 1.807) is 7.05 Å². The summed E-state index contributed by atoms with van der Waals surface area (Å²) in [6.45, 7) is 11.9. The minimum absolute atomic E-state index is 0.0176. The summed E-state index contributed by atoms with van der Waals surface area (Å²) in [5.74, 6) is 3.79. The Morgan fingerprint density at radius 2 is 1.66 bits per heavy atom. The lowest BCUT2D eigenvalue weighted by molar-refractivity contribution is -0.199. The summed E-state index contributed by atoms with van der Waals surface area (Å²) in [5, 5.41) is 9.61. The highest BCUT2D eigenvalue weighted by atomic mass is 16.7. The molecule has 10 heteroatoms. The molecule has 0 aromatic heterocycles. The summed E-state index contributed by atoms with van der Waals surface area (Å²) in [4.78, 5) is 31.7. The second-order valence-corrected chi connectivity index (χ2v) is 17.0. The lowest BCUT2D eigenvalue weighted by Gasteiger charge is -2.64. The Morgan fingerprint density at radius 1 is 1.00 bits per heavy atom. The summed E-state index contributed by atoms with van der Waals surface area (Å²) in [7, 11) is 1.16. The van der Waals surface area contributed by atoms with Crippen LogP contribution < -0.4 is 21.7 Å². The highest BCUT2D eigenvalue weighted by molar-refractivity contribution is 6.48. The Balaban J connectivity index is 1.12. The maximum absolute atomic E-state index is 14.0. The van der Waals surface area contributed by atoms with Crippen LogP contribution in [0.2, 0.25) is 0 Å². The second-order valence-electron chi connectivity index (χ2n) is 17.0. The third kappa shape index (κ3) is 6.15. The van der Waals surface area contributed by atoms with Crippen molar-refractivity contribution in [1.82, 2.24) is 16.0 Å². The van der Waals surface area contributed by atoms with Crippen molar-refractivity contribution in [2.75, 3.05) is 13.6 Å². The van der Waals surface area contributed by atoms with Crippen LogP contribution >= 0.6 is 0 Å². The number of hydrogen-bond donors (Lipinski definition) is 4. The van der Waals surface area contributed by atoms with Gasteiger partial charge in [-0.3, -0.25) is 14.6 Å². The van der Waals surface area contributed by atoms with E-state index >= 15 is 0 Å². The summed E-state index contributed by atoms with van der Waals surface area (Å²) in [6, 6.07) is -0.626. The number of carbonyl (C=O) groups is 2. The van der Waals surface area contributed by atoms with Crippen molar-refractivity contribution < 1.29 is 18.9 Å². The largest absolute Gasteiger partial charge is 0.481 e. The zero-order valence-electron chi connectivity index (χ0n) is 28.1. The Labute approximate surface area is 265 Å². The van der Waals surface area contributed by atoms with E-state index in [0.29, 0.717) is 49.5 Å². The maximum atomic E-state index is 14.0. The molecule has 246 valence electrons. The number of nitrogens with two attached hydrogens (primary N) is 1. The van der Waals surface area contributed by atoms with Crippen LogP contribution in [0.3, 0.4) is 0 Å². The van der Waals surface area contributed by atoms with Gasteiger partial charge in [0.1, 0.15) is 6.04 Å². The number of carbonyl (C=O) groups excluding carboxylic acids is 2. The highest BCUT2D eigenvalue weighted by Crippen LogP contribution is 2.66. The van der Waals surface area contributed by atoms with Crippen LogP contribution in [0.5, 0.6) is 0 Å². The Hall–Kier alpha value is -1.81. The molecule has 2 amide bonds. The number of nitrogens with zero attached hydrogens (tertiary/aromatic N) is 1. The fourth-order valence-electron chi connectivity index (χ4n) is 11.1. The zero-order chi connectivity index (χ0) is 31.4. The number of amides is 2. The quantitative estimate of drug-likeness (QED) is 0.114. The fourth-order valence-corrected chi connectivity index (χ4v) is 11.1. The van der Waals surface area contributed by atoms with Crippen molar-refractivity contribution in [3.8, 4) is 0 Å². The van der Waals surface area contributed by atoms with Crippen LogP contribution in [0.15, 0.2) is 4.99 Å². The minimum atomic E-state index is -0.626. The van der Waals surface area contributed by atoms with Crippen molar-refractivity contribution >= 4 is 24.9 Å². The normalized spacial score (nSPS) is 39.4. The first kappa shape index (κ1) is 32.1. The van der Waals surface area contributed by atoms with Crippen LogP contribution in [0.25, 0.3) is 0 Å². The summed E-state index contributed by atoms with van der Waals surface area (Å²) >= 11 is 0. The van der Waals surface area contributed by atoms with Gasteiger partial charge in [0.05, 0.1) is 17.6 Å². The molecule has 0 aromatic carbocycles. The van der Waals surface area contributed by atoms with Crippen molar-refractivity contribution in [1.29, 1.82) is 0 Å². The molecule has 7 saturated carbocycles. The molecule has 8 rings (SSSR count). The molecule has 1 aliphatic heterocycles. The van der Waals surface area contributed by atoms with E-state index in [9.17, 15) is 9.59 Å². The molecule has 7 aliphatic carbocycles. The number of hydrogen-bond acceptors (Lipinski definition) is 5. The van der Waals surface area contributed by atoms with E-state index in [0.717, 1.165) is 30.6 Å². The molecule has 6 bridgehead atoms. The zero-order valence-corrected chi connectivity index (χ0v) is 28.1. The molecule has 6 atom stereocenters. The monoisotopic (exact) mass is 611 g/mol. The van der Waals surface area contributed by atoms with Crippen molar-refractivity contribution in [3.63, 3.8) is 0 Å². The number of nitrogens with one attached hydrogen (secondary N) is 3. The first-order valence-corrected chi connectivity index (χ1v) is 17.7. The lowest BCUT2D eigenvalue weighted by atomic mass is 9.43. The molecule has 0 aromatic rings. The number of aliphatic imine (C=N–C) groups is 1. The van der Waals surface area contributed by atoms with Gasteiger partial charge in [-0.15, -0.1) is 0 Å². The average molecular weight is 612 g/mol. The van der Waals surface area contributed by atoms with Crippen molar-refractivity contribution in [3.05, 3.63) is 0 Å². The molecule has 8 aliphatic rings. The van der Waals surface area contributed by atoms with Crippen LogP contribution in [-0.4, -0.2) is 62.2 Å². The molecule has 8 fully saturated rings. The third-order valence-electron chi connectivity index (χ3n) is 12.9. The van der Waals surface area contributed by atoms with Crippen LogP contribution in [0, 0.1) is 46.3 Å². The topological polar surface area (TPSA) is 127 Å².